The van der Waals surface area contributed by atoms with Gasteiger partial charge < -0.3 is 0 Å². The average Bonchev–Trinajstić information content (AvgIpc) is 1.69. The third-order valence-electron chi connectivity index (χ3n) is 0.987. The van der Waals surface area contributed by atoms with Crippen LogP contribution in [0.4, 0.5) is 0 Å². The Labute approximate surface area is 73.1 Å². The smallest absolute Gasteiger partial charge is 0.127 e. The molecule has 0 N–H and O–H groups in total. The summed E-state index contributed by atoms with van der Waals surface area (Å²) in [6.45, 7) is 2.20. The highest BCUT2D eigenvalue weighted by molar-refractivity contribution is 6.17. The van der Waals surface area contributed by atoms with Gasteiger partial charge in [0.1, 0.15) is 0 Å². The molecule has 0 atom stereocenters. The molecular weight excluding hydrogens is 132 g/mol. The van der Waals surface area contributed by atoms with Crippen LogP contribution in [-0.4, -0.2) is 28.9 Å². The van der Waals surface area contributed by atoms with Crippen molar-refractivity contribution < 1.29 is 0 Å². The summed E-state index contributed by atoms with van der Waals surface area (Å²) in [5.41, 5.74) is 0. The van der Waals surface area contributed by atoms with Crippen LogP contribution in [0.5, 0.6) is 0 Å². The second kappa shape index (κ2) is 10.9. The van der Waals surface area contributed by atoms with Gasteiger partial charge in [0.2, 0.25) is 0 Å². The van der Waals surface area contributed by atoms with E-state index in [1.165, 1.54) is 25.7 Å². The maximum absolute atomic E-state index is 5.44. The first kappa shape index (κ1) is 11.8. The van der Waals surface area contributed by atoms with Gasteiger partial charge in [0.25, 0.3) is 0 Å². The van der Waals surface area contributed by atoms with Gasteiger partial charge in [-0.1, -0.05) is 26.2 Å². The first-order valence-electron chi connectivity index (χ1n) is 2.97. The quantitative estimate of drug-likeness (QED) is 0.323. The summed E-state index contributed by atoms with van der Waals surface area (Å²) >= 11 is 5.44. The van der Waals surface area contributed by atoms with Gasteiger partial charge in [0, 0.05) is 5.88 Å². The Hall–Kier alpha value is 1.06. The van der Waals surface area contributed by atoms with E-state index in [2.05, 4.69) is 6.92 Å². The maximum Gasteiger partial charge on any atom is 0.316 e. The number of alkyl halides is 1. The molecule has 0 fully saturated rings. The van der Waals surface area contributed by atoms with Crippen LogP contribution < -0.4 is 0 Å². The molecule has 0 bridgehead atoms. The Morgan fingerprint density at radius 1 is 1.12 bits per heavy atom. The molecule has 0 aromatic rings. The molecule has 0 aliphatic rings. The molecule has 48 valence electrons. The summed E-state index contributed by atoms with van der Waals surface area (Å²) in [5.74, 6) is 0.833. The summed E-state index contributed by atoms with van der Waals surface area (Å²) in [6.07, 6.45) is 5.14. The minimum absolute atomic E-state index is 0. The molecule has 0 aliphatic heterocycles. The minimum atomic E-state index is 0. The summed E-state index contributed by atoms with van der Waals surface area (Å²) < 4.78 is 0. The molecule has 0 nitrogen and oxygen atoms in total. The Morgan fingerprint density at radius 2 is 1.75 bits per heavy atom. The highest BCUT2D eigenvalue weighted by Crippen LogP contribution is 1.98. The Morgan fingerprint density at radius 3 is 2.12 bits per heavy atom. The molecule has 0 aliphatic carbocycles. The van der Waals surface area contributed by atoms with E-state index >= 15 is 0 Å². The molecule has 0 aromatic heterocycles. The monoisotopic (exact) mass is 146 g/mol. The first-order valence-corrected chi connectivity index (χ1v) is 3.51. The molecule has 0 radical (unpaired) electrons. The lowest BCUT2D eigenvalue weighted by Gasteiger charge is -1.89. The van der Waals surface area contributed by atoms with E-state index < -0.39 is 0 Å². The number of halogens is 1. The summed E-state index contributed by atoms with van der Waals surface area (Å²) in [4.78, 5) is 0. The molecule has 0 aromatic carbocycles. The minimum Gasteiger partial charge on any atom is -0.127 e. The molecule has 0 spiro atoms. The fraction of sp³-hybridized carbons (Fsp3) is 1.00. The largest absolute Gasteiger partial charge is 0.316 e. The summed E-state index contributed by atoms with van der Waals surface area (Å²) in [6, 6.07) is 0. The van der Waals surface area contributed by atoms with Crippen molar-refractivity contribution in [2.24, 2.45) is 0 Å². The Bertz CT molecular complexity index is 27.7. The van der Waals surface area contributed by atoms with Crippen molar-refractivity contribution in [3.05, 3.63) is 0 Å². The van der Waals surface area contributed by atoms with Gasteiger partial charge in [-0.05, 0) is 6.42 Å². The third kappa shape index (κ3) is 10.1. The first-order chi connectivity index (χ1) is 3.41. The van der Waals surface area contributed by atoms with Crippen molar-refractivity contribution in [1.82, 2.24) is 0 Å². The normalized spacial score (nSPS) is 8.25. The van der Waals surface area contributed by atoms with Gasteiger partial charge in [0.05, 0.1) is 0 Å². The van der Waals surface area contributed by atoms with Gasteiger partial charge in [-0.2, -0.15) is 0 Å². The highest BCUT2D eigenvalue weighted by Gasteiger charge is 1.81. The van der Waals surface area contributed by atoms with Crippen molar-refractivity contribution in [3.8, 4) is 0 Å². The number of rotatable bonds is 4. The topological polar surface area (TPSA) is 0 Å². The fourth-order valence-electron chi connectivity index (χ4n) is 0.521. The van der Waals surface area contributed by atoms with Gasteiger partial charge in [-0.3, -0.25) is 0 Å². The zero-order valence-electron chi connectivity index (χ0n) is 4.91. The van der Waals surface area contributed by atoms with E-state index in [1.54, 1.807) is 0 Å². The van der Waals surface area contributed by atoms with Crippen molar-refractivity contribution in [2.45, 2.75) is 32.6 Å². The lowest BCUT2D eigenvalue weighted by Crippen LogP contribution is -1.74. The summed E-state index contributed by atoms with van der Waals surface area (Å²) in [5, 5.41) is 0. The van der Waals surface area contributed by atoms with Crippen LogP contribution in [0.25, 0.3) is 0 Å². The van der Waals surface area contributed by atoms with Gasteiger partial charge >= 0.3 is 23.1 Å². The second-order valence-electron chi connectivity index (χ2n) is 1.75. The van der Waals surface area contributed by atoms with Crippen molar-refractivity contribution in [1.29, 1.82) is 0 Å². The predicted octanol–water partition coefficient (Wildman–Crippen LogP) is 1.89. The van der Waals surface area contributed by atoms with Crippen LogP contribution in [0.3, 0.4) is 0 Å². The lowest BCUT2D eigenvalue weighted by atomic mass is 10.2. The number of hydrogen-bond donors (Lipinski definition) is 0. The van der Waals surface area contributed by atoms with E-state index in [0.29, 0.717) is 0 Å². The Balaban J connectivity index is 0. The Kier molecular flexibility index (Phi) is 16.1. The maximum atomic E-state index is 5.44. The molecule has 2 heteroatoms. The lowest BCUT2D eigenvalue weighted by molar-refractivity contribution is 0.705. The SMILES string of the molecule is CCCCCCCl.[MgH2]. The number of unbranched alkanes of at least 4 members (excludes halogenated alkanes) is 3. The predicted molar refractivity (Wildman–Crippen MR) is 43.4 cm³/mol. The molecule has 8 heavy (non-hydrogen) atoms. The molecule has 0 unspecified atom stereocenters. The van der Waals surface area contributed by atoms with Crippen LogP contribution in [0.1, 0.15) is 32.6 Å². The van der Waals surface area contributed by atoms with Gasteiger partial charge in [-0.25, -0.2) is 0 Å². The zero-order valence-corrected chi connectivity index (χ0v) is 5.67. The zero-order chi connectivity index (χ0) is 5.54. The van der Waals surface area contributed by atoms with Crippen LogP contribution in [0.15, 0.2) is 0 Å². The highest BCUT2D eigenvalue weighted by atomic mass is 35.5. The van der Waals surface area contributed by atoms with Gasteiger partial charge in [-0.15, -0.1) is 11.6 Å². The van der Waals surface area contributed by atoms with Gasteiger partial charge in [0.15, 0.2) is 0 Å². The van der Waals surface area contributed by atoms with Crippen LogP contribution >= 0.6 is 11.6 Å². The van der Waals surface area contributed by atoms with E-state index in [9.17, 15) is 0 Å². The fourth-order valence-corrected chi connectivity index (χ4v) is 0.710. The molecule has 0 heterocycles. The van der Waals surface area contributed by atoms with Crippen molar-refractivity contribution in [3.63, 3.8) is 0 Å². The third-order valence-corrected chi connectivity index (χ3v) is 1.25. The molecule has 0 saturated carbocycles. The average molecular weight is 147 g/mol. The standard InChI is InChI=1S/C6H13Cl.Mg.2H/c1-2-3-4-5-6-7;;;/h2-6H2,1H3;;;. The van der Waals surface area contributed by atoms with E-state index in [0.717, 1.165) is 5.88 Å². The van der Waals surface area contributed by atoms with Crippen LogP contribution in [-0.2, 0) is 0 Å². The molecular formula is C6H15ClMg. The second-order valence-corrected chi connectivity index (χ2v) is 2.13. The molecule has 0 saturated heterocycles. The van der Waals surface area contributed by atoms with Crippen molar-refractivity contribution in [2.75, 3.05) is 5.88 Å². The van der Waals surface area contributed by atoms with Crippen molar-refractivity contribution >= 4 is 34.7 Å². The molecule has 0 rings (SSSR count). The van der Waals surface area contributed by atoms with Crippen LogP contribution in [0, 0.1) is 0 Å². The summed E-state index contributed by atoms with van der Waals surface area (Å²) in [7, 11) is 0. The van der Waals surface area contributed by atoms with Crippen LogP contribution in [0.2, 0.25) is 0 Å². The van der Waals surface area contributed by atoms with E-state index in [1.807, 2.05) is 0 Å². The number of hydrogen-bond acceptors (Lipinski definition) is 0. The van der Waals surface area contributed by atoms with E-state index in [-0.39, 0.29) is 23.1 Å². The van der Waals surface area contributed by atoms with E-state index in [4.69, 9.17) is 11.6 Å². The molecule has 0 amide bonds.